The van der Waals surface area contributed by atoms with Crippen LogP contribution < -0.4 is 5.32 Å². The Morgan fingerprint density at radius 3 is 2.44 bits per heavy atom. The van der Waals surface area contributed by atoms with Gasteiger partial charge in [-0.25, -0.2) is 14.2 Å². The van der Waals surface area contributed by atoms with Crippen LogP contribution in [0.25, 0.3) is 11.1 Å². The number of alkyl carbamates (subject to hydrolysis) is 1. The number of morpholine rings is 1. The highest BCUT2D eigenvalue weighted by atomic mass is 19.1. The molecule has 2 aromatic rings. The zero-order valence-corrected chi connectivity index (χ0v) is 21.7. The summed E-state index contributed by atoms with van der Waals surface area (Å²) >= 11 is 0. The molecule has 1 saturated heterocycles. The fourth-order valence-electron chi connectivity index (χ4n) is 3.81. The number of nitrogens with zero attached hydrogens (tertiary/aromatic N) is 2. The Balaban J connectivity index is 0.000000431. The average molecular weight is 508 g/mol. The number of oxazole rings is 1. The van der Waals surface area contributed by atoms with Crippen LogP contribution in [0.15, 0.2) is 22.6 Å². The predicted octanol–water partition coefficient (Wildman–Crippen LogP) is 4.74. The van der Waals surface area contributed by atoms with E-state index in [0.717, 1.165) is 12.0 Å². The molecule has 1 N–H and O–H groups in total. The number of ketones is 1. The van der Waals surface area contributed by atoms with Crippen molar-refractivity contribution in [3.8, 4) is 0 Å². The molecule has 2 heterocycles. The second-order valence-corrected chi connectivity index (χ2v) is 8.67. The van der Waals surface area contributed by atoms with E-state index < -0.39 is 30.3 Å². The second kappa shape index (κ2) is 15.2. The van der Waals surface area contributed by atoms with Gasteiger partial charge < -0.3 is 24.1 Å². The largest absolute Gasteiger partial charge is 0.439 e. The molecule has 1 aliphatic carbocycles. The summed E-state index contributed by atoms with van der Waals surface area (Å²) in [5, 5.41) is 2.31. The summed E-state index contributed by atoms with van der Waals surface area (Å²) in [5.74, 6) is -0.685. The lowest BCUT2D eigenvalue weighted by atomic mass is 9.91. The van der Waals surface area contributed by atoms with Crippen LogP contribution in [0.1, 0.15) is 70.5 Å². The molecule has 1 saturated carbocycles. The van der Waals surface area contributed by atoms with E-state index in [1.54, 1.807) is 0 Å². The molecule has 36 heavy (non-hydrogen) atoms. The normalized spacial score (nSPS) is 16.6. The highest BCUT2D eigenvalue weighted by Crippen LogP contribution is 2.22. The number of nitrogens with one attached hydrogen (secondary N) is 1. The van der Waals surface area contributed by atoms with Crippen molar-refractivity contribution in [1.29, 1.82) is 0 Å². The number of ether oxygens (including phenoxy) is 2. The molecule has 4 rings (SSSR count). The van der Waals surface area contributed by atoms with Gasteiger partial charge in [0.1, 0.15) is 11.3 Å². The highest BCUT2D eigenvalue weighted by molar-refractivity contribution is 5.99. The quantitative estimate of drug-likeness (QED) is 0.582. The molecule has 0 bridgehead atoms. The van der Waals surface area contributed by atoms with E-state index in [1.807, 2.05) is 13.8 Å². The molecule has 2 amide bonds. The van der Waals surface area contributed by atoms with E-state index in [2.05, 4.69) is 17.2 Å². The molecular formula is C26H38FN3O6. The van der Waals surface area contributed by atoms with Gasteiger partial charge in [0.15, 0.2) is 12.2 Å². The summed E-state index contributed by atoms with van der Waals surface area (Å²) in [4.78, 5) is 41.5. The van der Waals surface area contributed by atoms with E-state index in [0.29, 0.717) is 31.8 Å². The standard InChI is InChI=1S/C17H18FN3O6.C7H14.C2H6/c1-10(15(23)16-20-12-3-2-11(18)8-13(12)27-16)19-17(24)26-9-14(22)21-4-6-25-7-5-21;1-7-5-3-2-4-6-7;1-2/h2-3,8,10H,4-7,9H2,1H3,(H,19,24);7H,2-6H2,1H3;1-2H3. The maximum atomic E-state index is 13.2. The molecule has 1 aromatic carbocycles. The summed E-state index contributed by atoms with van der Waals surface area (Å²) in [5.41, 5.74) is 0.454. The fourth-order valence-corrected chi connectivity index (χ4v) is 3.81. The van der Waals surface area contributed by atoms with Gasteiger partial charge in [0, 0.05) is 19.2 Å². The number of fused-ring (bicyclic) bond motifs is 1. The van der Waals surface area contributed by atoms with Gasteiger partial charge in [-0.3, -0.25) is 9.59 Å². The van der Waals surface area contributed by atoms with Crippen LogP contribution in [-0.4, -0.2) is 66.6 Å². The third-order valence-corrected chi connectivity index (χ3v) is 5.87. The SMILES string of the molecule is CC.CC(NC(=O)OCC(=O)N1CCOCC1)C(=O)c1nc2ccc(F)cc2o1.CC1CCCCC1. The third-order valence-electron chi connectivity index (χ3n) is 5.87. The minimum Gasteiger partial charge on any atom is -0.439 e. The van der Waals surface area contributed by atoms with E-state index in [-0.39, 0.29) is 17.4 Å². The number of hydrogen-bond acceptors (Lipinski definition) is 7. The number of benzene rings is 1. The van der Waals surface area contributed by atoms with Crippen molar-refractivity contribution >= 4 is 28.9 Å². The van der Waals surface area contributed by atoms with Gasteiger partial charge in [0.25, 0.3) is 11.8 Å². The summed E-state index contributed by atoms with van der Waals surface area (Å²) in [6.07, 6.45) is 6.52. The van der Waals surface area contributed by atoms with Gasteiger partial charge in [-0.15, -0.1) is 0 Å². The lowest BCUT2D eigenvalue weighted by molar-refractivity contribution is -0.138. The maximum absolute atomic E-state index is 13.2. The molecule has 1 aromatic heterocycles. The Hall–Kier alpha value is -3.01. The molecule has 200 valence electrons. The van der Waals surface area contributed by atoms with Crippen molar-refractivity contribution in [1.82, 2.24) is 15.2 Å². The maximum Gasteiger partial charge on any atom is 0.408 e. The lowest BCUT2D eigenvalue weighted by Gasteiger charge is -2.26. The summed E-state index contributed by atoms with van der Waals surface area (Å²) in [6.45, 7) is 9.11. The smallest absolute Gasteiger partial charge is 0.408 e. The number of rotatable bonds is 5. The Kier molecular flexibility index (Phi) is 12.3. The fraction of sp³-hybridized carbons (Fsp3) is 0.615. The van der Waals surface area contributed by atoms with Crippen LogP contribution in [0.3, 0.4) is 0 Å². The summed E-state index contributed by atoms with van der Waals surface area (Å²) in [6, 6.07) is 2.69. The molecule has 9 nitrogen and oxygen atoms in total. The van der Waals surface area contributed by atoms with Crippen molar-refractivity contribution in [3.05, 3.63) is 29.9 Å². The van der Waals surface area contributed by atoms with Crippen molar-refractivity contribution in [3.63, 3.8) is 0 Å². The van der Waals surface area contributed by atoms with Crippen LogP contribution in [0.5, 0.6) is 0 Å². The summed E-state index contributed by atoms with van der Waals surface area (Å²) < 4.78 is 28.4. The van der Waals surface area contributed by atoms with Crippen molar-refractivity contribution in [2.24, 2.45) is 5.92 Å². The molecule has 1 unspecified atom stereocenters. The first-order chi connectivity index (χ1) is 17.3. The van der Waals surface area contributed by atoms with Crippen LogP contribution in [0.2, 0.25) is 0 Å². The van der Waals surface area contributed by atoms with Gasteiger partial charge in [0.05, 0.1) is 19.3 Å². The zero-order valence-electron chi connectivity index (χ0n) is 21.7. The van der Waals surface area contributed by atoms with E-state index >= 15 is 0 Å². The topological polar surface area (TPSA) is 111 Å². The van der Waals surface area contributed by atoms with E-state index in [1.165, 1.54) is 56.1 Å². The third kappa shape index (κ3) is 9.22. The number of halogens is 1. The van der Waals surface area contributed by atoms with Crippen molar-refractivity contribution in [2.45, 2.75) is 65.8 Å². The number of aromatic nitrogens is 1. The molecule has 2 fully saturated rings. The van der Waals surface area contributed by atoms with Crippen LogP contribution in [0, 0.1) is 11.7 Å². The number of Topliss-reactive ketones (excluding diaryl/α,β-unsaturated/α-hetero) is 1. The Labute approximate surface area is 211 Å². The van der Waals surface area contributed by atoms with Gasteiger partial charge in [-0.05, 0) is 25.0 Å². The molecule has 2 aliphatic rings. The van der Waals surface area contributed by atoms with E-state index in [4.69, 9.17) is 13.9 Å². The Morgan fingerprint density at radius 1 is 1.17 bits per heavy atom. The molecule has 0 spiro atoms. The van der Waals surface area contributed by atoms with Crippen molar-refractivity contribution < 1.29 is 32.7 Å². The number of carbonyl (C=O) groups is 3. The monoisotopic (exact) mass is 507 g/mol. The second-order valence-electron chi connectivity index (χ2n) is 8.67. The first-order valence-electron chi connectivity index (χ1n) is 12.7. The zero-order chi connectivity index (χ0) is 26.5. The lowest BCUT2D eigenvalue weighted by Crippen LogP contribution is -2.44. The van der Waals surface area contributed by atoms with Gasteiger partial charge in [-0.2, -0.15) is 0 Å². The highest BCUT2D eigenvalue weighted by Gasteiger charge is 2.24. The van der Waals surface area contributed by atoms with E-state index in [9.17, 15) is 18.8 Å². The van der Waals surface area contributed by atoms with Gasteiger partial charge in [0.2, 0.25) is 5.78 Å². The first kappa shape index (κ1) is 29.2. The first-order valence-corrected chi connectivity index (χ1v) is 12.7. The average Bonchev–Trinajstić information content (AvgIpc) is 3.32. The van der Waals surface area contributed by atoms with Crippen LogP contribution >= 0.6 is 0 Å². The predicted molar refractivity (Wildman–Crippen MR) is 133 cm³/mol. The Morgan fingerprint density at radius 2 is 1.83 bits per heavy atom. The Bertz CT molecular complexity index is 983. The molecule has 1 atom stereocenters. The molecule has 1 aliphatic heterocycles. The number of hydrogen-bond donors (Lipinski definition) is 1. The summed E-state index contributed by atoms with van der Waals surface area (Å²) in [7, 11) is 0. The minimum absolute atomic E-state index is 0.129. The minimum atomic E-state index is -1.01. The van der Waals surface area contributed by atoms with Gasteiger partial charge >= 0.3 is 6.09 Å². The van der Waals surface area contributed by atoms with Crippen LogP contribution in [-0.2, 0) is 14.3 Å². The molecule has 0 radical (unpaired) electrons. The van der Waals surface area contributed by atoms with Crippen LogP contribution in [0.4, 0.5) is 9.18 Å². The van der Waals surface area contributed by atoms with Crippen molar-refractivity contribution in [2.75, 3.05) is 32.9 Å². The number of amides is 2. The van der Waals surface area contributed by atoms with Gasteiger partial charge in [-0.1, -0.05) is 52.9 Å². The number of carbonyl (C=O) groups excluding carboxylic acids is 3. The molecular weight excluding hydrogens is 469 g/mol. The molecule has 10 heteroatoms.